The lowest BCUT2D eigenvalue weighted by Gasteiger charge is -2.20. The summed E-state index contributed by atoms with van der Waals surface area (Å²) >= 11 is 2.23. The SMILES string of the molecule is C=CCN(CCC)C(=O)c1ccc(I)cc1. The minimum atomic E-state index is 0.0816. The van der Waals surface area contributed by atoms with Crippen LogP contribution >= 0.6 is 22.6 Å². The third-order valence-corrected chi connectivity index (χ3v) is 2.94. The summed E-state index contributed by atoms with van der Waals surface area (Å²) < 4.78 is 1.14. The number of carbonyl (C=O) groups is 1. The van der Waals surface area contributed by atoms with Crippen LogP contribution in [-0.4, -0.2) is 23.9 Å². The molecule has 86 valence electrons. The fourth-order valence-corrected chi connectivity index (χ4v) is 1.84. The van der Waals surface area contributed by atoms with Gasteiger partial charge in [-0.05, 0) is 53.3 Å². The standard InChI is InChI=1S/C13H16INO/c1-3-9-15(10-4-2)13(16)11-5-7-12(14)8-6-11/h3,5-8H,1,4,9-10H2,2H3. The Kier molecular flexibility index (Phi) is 5.52. The van der Waals surface area contributed by atoms with Crippen molar-refractivity contribution in [1.82, 2.24) is 4.90 Å². The van der Waals surface area contributed by atoms with Gasteiger partial charge < -0.3 is 4.90 Å². The van der Waals surface area contributed by atoms with Gasteiger partial charge in [-0.25, -0.2) is 0 Å². The zero-order chi connectivity index (χ0) is 12.0. The fraction of sp³-hybridized carbons (Fsp3) is 0.308. The summed E-state index contributed by atoms with van der Waals surface area (Å²) in [6, 6.07) is 7.64. The normalized spacial score (nSPS) is 9.88. The number of amides is 1. The second-order valence-electron chi connectivity index (χ2n) is 3.55. The van der Waals surface area contributed by atoms with Gasteiger partial charge in [0.1, 0.15) is 0 Å². The number of nitrogens with zero attached hydrogens (tertiary/aromatic N) is 1. The largest absolute Gasteiger partial charge is 0.335 e. The van der Waals surface area contributed by atoms with E-state index in [1.54, 1.807) is 6.08 Å². The molecule has 0 unspecified atom stereocenters. The van der Waals surface area contributed by atoms with E-state index >= 15 is 0 Å². The Morgan fingerprint density at radius 3 is 2.56 bits per heavy atom. The molecule has 16 heavy (non-hydrogen) atoms. The predicted octanol–water partition coefficient (Wildman–Crippen LogP) is 3.33. The molecule has 0 radical (unpaired) electrons. The van der Waals surface area contributed by atoms with Crippen LogP contribution in [0.1, 0.15) is 23.7 Å². The smallest absolute Gasteiger partial charge is 0.254 e. The summed E-state index contributed by atoms with van der Waals surface area (Å²) in [6.07, 6.45) is 2.73. The van der Waals surface area contributed by atoms with Gasteiger partial charge >= 0.3 is 0 Å². The van der Waals surface area contributed by atoms with Crippen LogP contribution in [0.25, 0.3) is 0 Å². The Labute approximate surface area is 110 Å². The average Bonchev–Trinajstić information content (AvgIpc) is 2.29. The molecule has 0 atom stereocenters. The molecule has 0 aromatic heterocycles. The Bertz CT molecular complexity index is 359. The summed E-state index contributed by atoms with van der Waals surface area (Å²) in [6.45, 7) is 7.13. The molecule has 0 aliphatic heterocycles. The van der Waals surface area contributed by atoms with Gasteiger partial charge in [0.25, 0.3) is 5.91 Å². The van der Waals surface area contributed by atoms with E-state index in [1.807, 2.05) is 29.2 Å². The number of rotatable bonds is 5. The first-order chi connectivity index (χ1) is 7.69. The molecule has 1 rings (SSSR count). The molecule has 0 saturated heterocycles. The van der Waals surface area contributed by atoms with Gasteiger partial charge in [0, 0.05) is 22.2 Å². The van der Waals surface area contributed by atoms with Gasteiger partial charge in [-0.15, -0.1) is 6.58 Å². The first kappa shape index (κ1) is 13.2. The van der Waals surface area contributed by atoms with Crippen molar-refractivity contribution in [2.24, 2.45) is 0 Å². The van der Waals surface area contributed by atoms with Crippen molar-refractivity contribution in [3.05, 3.63) is 46.1 Å². The molecule has 1 amide bonds. The van der Waals surface area contributed by atoms with Crippen LogP contribution in [-0.2, 0) is 0 Å². The molecular weight excluding hydrogens is 313 g/mol. The minimum absolute atomic E-state index is 0.0816. The number of benzene rings is 1. The summed E-state index contributed by atoms with van der Waals surface area (Å²) in [7, 11) is 0. The quantitative estimate of drug-likeness (QED) is 0.599. The molecule has 0 aliphatic carbocycles. The number of hydrogen-bond acceptors (Lipinski definition) is 1. The second kappa shape index (κ2) is 6.68. The lowest BCUT2D eigenvalue weighted by Crippen LogP contribution is -2.31. The highest BCUT2D eigenvalue weighted by molar-refractivity contribution is 14.1. The molecule has 0 spiro atoms. The van der Waals surface area contributed by atoms with Gasteiger partial charge in [0.2, 0.25) is 0 Å². The third kappa shape index (κ3) is 3.63. The molecule has 0 fully saturated rings. The Balaban J connectivity index is 2.80. The zero-order valence-corrected chi connectivity index (χ0v) is 11.6. The maximum atomic E-state index is 12.1. The van der Waals surface area contributed by atoms with Crippen molar-refractivity contribution in [2.45, 2.75) is 13.3 Å². The van der Waals surface area contributed by atoms with Crippen LogP contribution in [0.5, 0.6) is 0 Å². The molecular formula is C13H16INO. The number of carbonyl (C=O) groups excluding carboxylic acids is 1. The molecule has 0 heterocycles. The first-order valence-corrected chi connectivity index (χ1v) is 6.42. The second-order valence-corrected chi connectivity index (χ2v) is 4.79. The van der Waals surface area contributed by atoms with Gasteiger partial charge in [-0.2, -0.15) is 0 Å². The van der Waals surface area contributed by atoms with E-state index in [0.29, 0.717) is 6.54 Å². The molecule has 1 aromatic carbocycles. The van der Waals surface area contributed by atoms with Gasteiger partial charge in [-0.1, -0.05) is 13.0 Å². The third-order valence-electron chi connectivity index (χ3n) is 2.22. The van der Waals surface area contributed by atoms with E-state index in [0.717, 1.165) is 22.1 Å². The number of hydrogen-bond donors (Lipinski definition) is 0. The van der Waals surface area contributed by atoms with Crippen LogP contribution in [0.4, 0.5) is 0 Å². The van der Waals surface area contributed by atoms with Crippen LogP contribution in [0.3, 0.4) is 0 Å². The minimum Gasteiger partial charge on any atom is -0.335 e. The van der Waals surface area contributed by atoms with E-state index < -0.39 is 0 Å². The molecule has 3 heteroatoms. The van der Waals surface area contributed by atoms with Crippen LogP contribution in [0.15, 0.2) is 36.9 Å². The average molecular weight is 329 g/mol. The van der Waals surface area contributed by atoms with E-state index in [1.165, 1.54) is 0 Å². The Morgan fingerprint density at radius 2 is 2.06 bits per heavy atom. The monoisotopic (exact) mass is 329 g/mol. The van der Waals surface area contributed by atoms with Crippen LogP contribution in [0, 0.1) is 3.57 Å². The number of halogens is 1. The van der Waals surface area contributed by atoms with Crippen molar-refractivity contribution in [1.29, 1.82) is 0 Å². The predicted molar refractivity (Wildman–Crippen MR) is 75.6 cm³/mol. The molecule has 0 saturated carbocycles. The molecule has 0 bridgehead atoms. The molecule has 1 aromatic rings. The maximum absolute atomic E-state index is 12.1. The Hall–Kier alpha value is -0.840. The fourth-order valence-electron chi connectivity index (χ4n) is 1.48. The van der Waals surface area contributed by atoms with E-state index in [2.05, 4.69) is 36.1 Å². The maximum Gasteiger partial charge on any atom is 0.254 e. The van der Waals surface area contributed by atoms with Crippen molar-refractivity contribution in [3.8, 4) is 0 Å². The van der Waals surface area contributed by atoms with Crippen LogP contribution in [0.2, 0.25) is 0 Å². The van der Waals surface area contributed by atoms with Crippen molar-refractivity contribution >= 4 is 28.5 Å². The topological polar surface area (TPSA) is 20.3 Å². The van der Waals surface area contributed by atoms with E-state index in [4.69, 9.17) is 0 Å². The van der Waals surface area contributed by atoms with Crippen LogP contribution < -0.4 is 0 Å². The highest BCUT2D eigenvalue weighted by Gasteiger charge is 2.12. The van der Waals surface area contributed by atoms with E-state index in [9.17, 15) is 4.79 Å². The van der Waals surface area contributed by atoms with Crippen molar-refractivity contribution in [2.75, 3.05) is 13.1 Å². The van der Waals surface area contributed by atoms with Crippen molar-refractivity contribution < 1.29 is 4.79 Å². The Morgan fingerprint density at radius 1 is 1.44 bits per heavy atom. The zero-order valence-electron chi connectivity index (χ0n) is 9.45. The lowest BCUT2D eigenvalue weighted by atomic mass is 10.2. The summed E-state index contributed by atoms with van der Waals surface area (Å²) in [5.74, 6) is 0.0816. The summed E-state index contributed by atoms with van der Waals surface area (Å²) in [4.78, 5) is 13.9. The summed E-state index contributed by atoms with van der Waals surface area (Å²) in [5, 5.41) is 0. The molecule has 0 aliphatic rings. The van der Waals surface area contributed by atoms with Gasteiger partial charge in [-0.3, -0.25) is 4.79 Å². The first-order valence-electron chi connectivity index (χ1n) is 5.34. The van der Waals surface area contributed by atoms with Gasteiger partial charge in [0.15, 0.2) is 0 Å². The highest BCUT2D eigenvalue weighted by atomic mass is 127. The molecule has 2 nitrogen and oxygen atoms in total. The molecule has 0 N–H and O–H groups in total. The van der Waals surface area contributed by atoms with Crippen molar-refractivity contribution in [3.63, 3.8) is 0 Å². The highest BCUT2D eigenvalue weighted by Crippen LogP contribution is 2.09. The summed E-state index contributed by atoms with van der Waals surface area (Å²) in [5.41, 5.74) is 0.746. The lowest BCUT2D eigenvalue weighted by molar-refractivity contribution is 0.0774. The van der Waals surface area contributed by atoms with E-state index in [-0.39, 0.29) is 5.91 Å². The van der Waals surface area contributed by atoms with Gasteiger partial charge in [0.05, 0.1) is 0 Å².